The number of hydrogen-bond acceptors (Lipinski definition) is 7. The van der Waals surface area contributed by atoms with Crippen LogP contribution in [0.15, 0.2) is 17.5 Å². The van der Waals surface area contributed by atoms with Crippen LogP contribution in [0, 0.1) is 0 Å². The van der Waals surface area contributed by atoms with E-state index in [0.717, 1.165) is 25.5 Å². The summed E-state index contributed by atoms with van der Waals surface area (Å²) in [5, 5.41) is 14.7. The van der Waals surface area contributed by atoms with Crippen LogP contribution in [0.25, 0.3) is 0 Å². The first kappa shape index (κ1) is 16.1. The van der Waals surface area contributed by atoms with Gasteiger partial charge in [-0.1, -0.05) is 6.07 Å². The van der Waals surface area contributed by atoms with Gasteiger partial charge in [-0.25, -0.2) is 4.68 Å². The van der Waals surface area contributed by atoms with Crippen LogP contribution < -0.4 is 0 Å². The smallest absolute Gasteiger partial charge is 0.173 e. The van der Waals surface area contributed by atoms with Gasteiger partial charge in [0, 0.05) is 37.7 Å². The number of rotatable bonds is 6. The number of piperazine rings is 1. The average molecular weight is 348 g/mol. The molecule has 0 amide bonds. The van der Waals surface area contributed by atoms with E-state index in [1.54, 1.807) is 18.4 Å². The number of methoxy groups -OCH3 is 1. The van der Waals surface area contributed by atoms with Crippen molar-refractivity contribution in [3.63, 3.8) is 0 Å². The van der Waals surface area contributed by atoms with Crippen molar-refractivity contribution in [1.82, 2.24) is 30.0 Å². The van der Waals surface area contributed by atoms with Crippen LogP contribution >= 0.6 is 11.3 Å². The van der Waals surface area contributed by atoms with E-state index in [0.29, 0.717) is 19.2 Å². The van der Waals surface area contributed by atoms with E-state index in [-0.39, 0.29) is 6.04 Å². The van der Waals surface area contributed by atoms with Crippen LogP contribution in [-0.4, -0.2) is 75.9 Å². The van der Waals surface area contributed by atoms with Gasteiger partial charge >= 0.3 is 0 Å². The molecule has 0 saturated carbocycles. The molecule has 2 aromatic heterocycles. The van der Waals surface area contributed by atoms with Gasteiger partial charge in [0.1, 0.15) is 6.04 Å². The van der Waals surface area contributed by atoms with Gasteiger partial charge in [-0.2, -0.15) is 0 Å². The molecule has 2 saturated heterocycles. The first-order valence-electron chi connectivity index (χ1n) is 8.63. The highest BCUT2D eigenvalue weighted by Crippen LogP contribution is 2.33. The fourth-order valence-electron chi connectivity index (χ4n) is 3.91. The highest BCUT2D eigenvalue weighted by atomic mass is 32.1. The third-order valence-corrected chi connectivity index (χ3v) is 6.03. The standard InChI is InChI=1S/C16H24N6OS/c1-23-10-9-22-16(17-18-19-22)15(14-5-3-11-24-14)21-8-7-20-6-2-4-13(20)12-21/h3,5,11,13,15H,2,4,6-10,12H2,1H3. The van der Waals surface area contributed by atoms with E-state index >= 15 is 0 Å². The SMILES string of the molecule is COCCn1nnnc1C(c1cccs1)N1CCN2CCCC2C1. The lowest BCUT2D eigenvalue weighted by Gasteiger charge is -2.40. The summed E-state index contributed by atoms with van der Waals surface area (Å²) in [6, 6.07) is 5.14. The summed E-state index contributed by atoms with van der Waals surface area (Å²) in [6.45, 7) is 5.87. The Balaban J connectivity index is 1.62. The molecule has 2 unspecified atom stereocenters. The highest BCUT2D eigenvalue weighted by Gasteiger charge is 2.36. The van der Waals surface area contributed by atoms with Crippen LogP contribution in [0.2, 0.25) is 0 Å². The van der Waals surface area contributed by atoms with E-state index < -0.39 is 0 Å². The molecule has 7 nitrogen and oxygen atoms in total. The molecule has 2 fully saturated rings. The minimum absolute atomic E-state index is 0.139. The van der Waals surface area contributed by atoms with Crippen LogP contribution in [0.5, 0.6) is 0 Å². The molecule has 8 heteroatoms. The van der Waals surface area contributed by atoms with Gasteiger partial charge in [0.25, 0.3) is 0 Å². The number of nitrogens with zero attached hydrogens (tertiary/aromatic N) is 6. The number of ether oxygens (including phenoxy) is 1. The van der Waals surface area contributed by atoms with Crippen molar-refractivity contribution < 1.29 is 4.74 Å². The van der Waals surface area contributed by atoms with Crippen LogP contribution in [0.4, 0.5) is 0 Å². The molecule has 0 aliphatic carbocycles. The van der Waals surface area contributed by atoms with Gasteiger partial charge in [0.05, 0.1) is 13.2 Å². The van der Waals surface area contributed by atoms with Crippen LogP contribution in [0.1, 0.15) is 29.6 Å². The minimum atomic E-state index is 0.139. The Bertz CT molecular complexity index is 645. The van der Waals surface area contributed by atoms with Gasteiger partial charge in [0.2, 0.25) is 0 Å². The van der Waals surface area contributed by atoms with Gasteiger partial charge < -0.3 is 4.74 Å². The number of aromatic nitrogens is 4. The molecule has 130 valence electrons. The minimum Gasteiger partial charge on any atom is -0.383 e. The summed E-state index contributed by atoms with van der Waals surface area (Å²) in [7, 11) is 1.71. The maximum atomic E-state index is 5.21. The van der Waals surface area contributed by atoms with Crippen molar-refractivity contribution >= 4 is 11.3 Å². The summed E-state index contributed by atoms with van der Waals surface area (Å²) in [5.41, 5.74) is 0. The average Bonchev–Trinajstić information content (AvgIpc) is 3.35. The normalized spacial score (nSPS) is 23.5. The number of thiophene rings is 1. The Hall–Kier alpha value is -1.35. The molecular weight excluding hydrogens is 324 g/mol. The Morgan fingerprint density at radius 3 is 3.17 bits per heavy atom. The zero-order valence-electron chi connectivity index (χ0n) is 14.0. The fourth-order valence-corrected chi connectivity index (χ4v) is 4.77. The van der Waals surface area contributed by atoms with Crippen molar-refractivity contribution in [1.29, 1.82) is 0 Å². The molecule has 0 N–H and O–H groups in total. The molecule has 0 spiro atoms. The van der Waals surface area contributed by atoms with Crippen molar-refractivity contribution in [2.24, 2.45) is 0 Å². The Morgan fingerprint density at radius 1 is 1.38 bits per heavy atom. The van der Waals surface area contributed by atoms with Crippen molar-refractivity contribution in [2.45, 2.75) is 31.5 Å². The lowest BCUT2D eigenvalue weighted by atomic mass is 10.1. The van der Waals surface area contributed by atoms with Crippen LogP contribution in [0.3, 0.4) is 0 Å². The van der Waals surface area contributed by atoms with Crippen molar-refractivity contribution in [2.75, 3.05) is 39.9 Å². The molecule has 0 radical (unpaired) electrons. The van der Waals surface area contributed by atoms with Crippen molar-refractivity contribution in [3.8, 4) is 0 Å². The van der Waals surface area contributed by atoms with Gasteiger partial charge in [0.15, 0.2) is 5.82 Å². The number of tetrazole rings is 1. The summed E-state index contributed by atoms with van der Waals surface area (Å²) >= 11 is 1.79. The zero-order chi connectivity index (χ0) is 16.4. The second kappa shape index (κ2) is 7.26. The van der Waals surface area contributed by atoms with E-state index in [9.17, 15) is 0 Å². The molecule has 24 heavy (non-hydrogen) atoms. The van der Waals surface area contributed by atoms with Gasteiger partial charge in [-0.15, -0.1) is 16.4 Å². The summed E-state index contributed by atoms with van der Waals surface area (Å²) in [5.74, 6) is 0.931. The summed E-state index contributed by atoms with van der Waals surface area (Å²) in [6.07, 6.45) is 2.63. The molecule has 4 rings (SSSR count). The van der Waals surface area contributed by atoms with Gasteiger partial charge in [-0.05, 0) is 41.3 Å². The topological polar surface area (TPSA) is 59.3 Å². The second-order valence-corrected chi connectivity index (χ2v) is 7.48. The van der Waals surface area contributed by atoms with Crippen LogP contribution in [-0.2, 0) is 11.3 Å². The quantitative estimate of drug-likeness (QED) is 0.783. The number of hydrogen-bond donors (Lipinski definition) is 0. The molecule has 2 aliphatic heterocycles. The maximum absolute atomic E-state index is 5.21. The predicted octanol–water partition coefficient (Wildman–Crippen LogP) is 1.25. The van der Waals surface area contributed by atoms with E-state index in [2.05, 4.69) is 42.8 Å². The molecule has 4 heterocycles. The molecular formula is C16H24N6OS. The van der Waals surface area contributed by atoms with E-state index in [1.165, 1.54) is 24.3 Å². The van der Waals surface area contributed by atoms with E-state index in [1.807, 2.05) is 4.68 Å². The van der Waals surface area contributed by atoms with Gasteiger partial charge in [-0.3, -0.25) is 9.80 Å². The van der Waals surface area contributed by atoms with Crippen molar-refractivity contribution in [3.05, 3.63) is 28.2 Å². The zero-order valence-corrected chi connectivity index (χ0v) is 14.9. The lowest BCUT2D eigenvalue weighted by molar-refractivity contribution is 0.0795. The molecule has 2 aromatic rings. The Kier molecular flexibility index (Phi) is 4.88. The largest absolute Gasteiger partial charge is 0.383 e. The fraction of sp³-hybridized carbons (Fsp3) is 0.688. The Morgan fingerprint density at radius 2 is 2.33 bits per heavy atom. The number of fused-ring (bicyclic) bond motifs is 1. The molecule has 0 aromatic carbocycles. The third kappa shape index (κ3) is 3.11. The summed E-state index contributed by atoms with van der Waals surface area (Å²) in [4.78, 5) is 6.51. The second-order valence-electron chi connectivity index (χ2n) is 6.50. The predicted molar refractivity (Wildman–Crippen MR) is 92.0 cm³/mol. The summed E-state index contributed by atoms with van der Waals surface area (Å²) < 4.78 is 7.11. The Labute approximate surface area is 146 Å². The third-order valence-electron chi connectivity index (χ3n) is 5.11. The highest BCUT2D eigenvalue weighted by molar-refractivity contribution is 7.10. The molecule has 2 atom stereocenters. The first-order valence-corrected chi connectivity index (χ1v) is 9.51. The first-order chi connectivity index (χ1) is 11.9. The lowest BCUT2D eigenvalue weighted by Crippen LogP contribution is -2.51. The molecule has 0 bridgehead atoms. The maximum Gasteiger partial charge on any atom is 0.173 e. The monoisotopic (exact) mass is 348 g/mol. The molecule has 2 aliphatic rings. The van der Waals surface area contributed by atoms with E-state index in [4.69, 9.17) is 4.74 Å².